The first-order valence-corrected chi connectivity index (χ1v) is 7.32. The summed E-state index contributed by atoms with van der Waals surface area (Å²) in [6.45, 7) is 7.19. The maximum atomic E-state index is 11.2. The number of likely N-dealkylation sites (tertiary alicyclic amines) is 2. The normalized spacial score (nSPS) is 24.4. The fourth-order valence-electron chi connectivity index (χ4n) is 3.00. The number of amides is 1. The predicted molar refractivity (Wildman–Crippen MR) is 73.5 cm³/mol. The molecule has 0 spiro atoms. The minimum Gasteiger partial charge on any atom is -0.343 e. The highest BCUT2D eigenvalue weighted by Gasteiger charge is 2.22. The third-order valence-corrected chi connectivity index (χ3v) is 4.47. The molecule has 4 heteroatoms. The van der Waals surface area contributed by atoms with E-state index in [-0.39, 0.29) is 5.91 Å². The van der Waals surface area contributed by atoms with Gasteiger partial charge < -0.3 is 15.1 Å². The average Bonchev–Trinajstić information content (AvgIpc) is 2.38. The van der Waals surface area contributed by atoms with Crippen LogP contribution in [0.2, 0.25) is 0 Å². The van der Waals surface area contributed by atoms with E-state index in [9.17, 15) is 4.79 Å². The van der Waals surface area contributed by atoms with Gasteiger partial charge in [0.05, 0.1) is 0 Å². The van der Waals surface area contributed by atoms with Gasteiger partial charge in [-0.3, -0.25) is 4.79 Å². The van der Waals surface area contributed by atoms with Crippen molar-refractivity contribution in [2.45, 2.75) is 38.6 Å². The van der Waals surface area contributed by atoms with Crippen molar-refractivity contribution in [1.82, 2.24) is 15.1 Å². The summed E-state index contributed by atoms with van der Waals surface area (Å²) in [4.78, 5) is 15.6. The number of carbonyl (C=O) groups excluding carboxylic acids is 1. The van der Waals surface area contributed by atoms with Crippen molar-refractivity contribution in [2.24, 2.45) is 5.92 Å². The van der Waals surface area contributed by atoms with Crippen molar-refractivity contribution in [3.8, 4) is 0 Å². The highest BCUT2D eigenvalue weighted by atomic mass is 16.2. The molecule has 0 bridgehead atoms. The molecular formula is C14H27N3O. The molecule has 0 radical (unpaired) electrons. The Hall–Kier alpha value is -0.610. The third-order valence-electron chi connectivity index (χ3n) is 4.47. The predicted octanol–water partition coefficient (Wildman–Crippen LogP) is 0.929. The second kappa shape index (κ2) is 6.53. The van der Waals surface area contributed by atoms with Crippen molar-refractivity contribution in [1.29, 1.82) is 0 Å². The molecule has 2 heterocycles. The Labute approximate surface area is 111 Å². The van der Waals surface area contributed by atoms with Gasteiger partial charge >= 0.3 is 0 Å². The molecule has 2 fully saturated rings. The van der Waals surface area contributed by atoms with Gasteiger partial charge in [-0.15, -0.1) is 0 Å². The Morgan fingerprint density at radius 3 is 2.28 bits per heavy atom. The Morgan fingerprint density at radius 1 is 1.11 bits per heavy atom. The lowest BCUT2D eigenvalue weighted by molar-refractivity contribution is -0.129. The number of nitrogens with zero attached hydrogens (tertiary/aromatic N) is 2. The molecule has 104 valence electrons. The van der Waals surface area contributed by atoms with Crippen LogP contribution >= 0.6 is 0 Å². The average molecular weight is 253 g/mol. The fourth-order valence-corrected chi connectivity index (χ4v) is 3.00. The van der Waals surface area contributed by atoms with Crippen LogP contribution in [0.1, 0.15) is 32.6 Å². The molecule has 0 aromatic carbocycles. The van der Waals surface area contributed by atoms with Gasteiger partial charge in [-0.05, 0) is 58.3 Å². The maximum absolute atomic E-state index is 11.2. The quantitative estimate of drug-likeness (QED) is 0.813. The van der Waals surface area contributed by atoms with Crippen LogP contribution < -0.4 is 5.32 Å². The topological polar surface area (TPSA) is 35.6 Å². The molecule has 2 saturated heterocycles. The highest BCUT2D eigenvalue weighted by Crippen LogP contribution is 2.16. The van der Waals surface area contributed by atoms with E-state index >= 15 is 0 Å². The molecule has 1 amide bonds. The molecule has 0 aliphatic carbocycles. The van der Waals surface area contributed by atoms with Gasteiger partial charge in [0.2, 0.25) is 5.91 Å². The van der Waals surface area contributed by atoms with Crippen molar-refractivity contribution >= 4 is 5.91 Å². The first-order valence-electron chi connectivity index (χ1n) is 7.32. The van der Waals surface area contributed by atoms with Gasteiger partial charge in [0.25, 0.3) is 0 Å². The highest BCUT2D eigenvalue weighted by molar-refractivity contribution is 5.73. The molecule has 1 N–H and O–H groups in total. The van der Waals surface area contributed by atoms with Crippen LogP contribution in [-0.2, 0) is 4.79 Å². The van der Waals surface area contributed by atoms with E-state index in [1.54, 1.807) is 6.92 Å². The molecule has 2 aliphatic rings. The van der Waals surface area contributed by atoms with E-state index in [1.807, 2.05) is 4.90 Å². The van der Waals surface area contributed by atoms with Crippen LogP contribution in [-0.4, -0.2) is 61.5 Å². The van der Waals surface area contributed by atoms with Crippen LogP contribution in [0.15, 0.2) is 0 Å². The van der Waals surface area contributed by atoms with Crippen molar-refractivity contribution in [3.63, 3.8) is 0 Å². The molecule has 0 atom stereocenters. The van der Waals surface area contributed by atoms with Gasteiger partial charge in [-0.2, -0.15) is 0 Å². The molecule has 2 aliphatic heterocycles. The van der Waals surface area contributed by atoms with Gasteiger partial charge in [-0.1, -0.05) is 0 Å². The van der Waals surface area contributed by atoms with E-state index < -0.39 is 0 Å². The van der Waals surface area contributed by atoms with E-state index in [4.69, 9.17) is 0 Å². The zero-order chi connectivity index (χ0) is 13.0. The van der Waals surface area contributed by atoms with Gasteiger partial charge in [0, 0.05) is 26.1 Å². The second-order valence-electron chi connectivity index (χ2n) is 5.94. The lowest BCUT2D eigenvalue weighted by Crippen LogP contribution is -2.46. The summed E-state index contributed by atoms with van der Waals surface area (Å²) in [6.07, 6.45) is 4.89. The molecule has 18 heavy (non-hydrogen) atoms. The van der Waals surface area contributed by atoms with Crippen LogP contribution in [0.5, 0.6) is 0 Å². The minimum atomic E-state index is 0.226. The molecule has 0 aromatic rings. The van der Waals surface area contributed by atoms with Crippen LogP contribution in [0.3, 0.4) is 0 Å². The molecule has 2 rings (SSSR count). The summed E-state index contributed by atoms with van der Waals surface area (Å²) in [6, 6.07) is 0.625. The number of hydrogen-bond acceptors (Lipinski definition) is 3. The lowest BCUT2D eigenvalue weighted by atomic mass is 9.96. The monoisotopic (exact) mass is 253 g/mol. The standard InChI is InChI=1S/C14H27N3O/c1-12(18)17-9-5-14(6-10-17)15-11-13-3-7-16(2)8-4-13/h13-15H,3-11H2,1-2H3. The Kier molecular flexibility index (Phi) is 5.01. The van der Waals surface area contributed by atoms with Crippen LogP contribution in [0, 0.1) is 5.92 Å². The van der Waals surface area contributed by atoms with Crippen molar-refractivity contribution < 1.29 is 4.79 Å². The molecule has 0 aromatic heterocycles. The van der Waals surface area contributed by atoms with Crippen LogP contribution in [0.4, 0.5) is 0 Å². The van der Waals surface area contributed by atoms with Gasteiger partial charge in [0.1, 0.15) is 0 Å². The second-order valence-corrected chi connectivity index (χ2v) is 5.94. The van der Waals surface area contributed by atoms with E-state index in [0.717, 1.165) is 31.8 Å². The number of piperidine rings is 2. The maximum Gasteiger partial charge on any atom is 0.219 e. The smallest absolute Gasteiger partial charge is 0.219 e. The number of rotatable bonds is 3. The van der Waals surface area contributed by atoms with Crippen molar-refractivity contribution in [3.05, 3.63) is 0 Å². The lowest BCUT2D eigenvalue weighted by Gasteiger charge is -2.34. The summed E-state index contributed by atoms with van der Waals surface area (Å²) in [5.41, 5.74) is 0. The summed E-state index contributed by atoms with van der Waals surface area (Å²) in [5, 5.41) is 3.71. The summed E-state index contributed by atoms with van der Waals surface area (Å²) in [7, 11) is 2.21. The van der Waals surface area contributed by atoms with E-state index in [0.29, 0.717) is 6.04 Å². The Morgan fingerprint density at radius 2 is 1.72 bits per heavy atom. The Balaban J connectivity index is 1.62. The third kappa shape index (κ3) is 3.95. The SMILES string of the molecule is CC(=O)N1CCC(NCC2CCN(C)CC2)CC1. The molecule has 4 nitrogen and oxygen atoms in total. The van der Waals surface area contributed by atoms with Crippen LogP contribution in [0.25, 0.3) is 0 Å². The molecule has 0 unspecified atom stereocenters. The van der Waals surface area contributed by atoms with E-state index in [1.165, 1.54) is 32.5 Å². The molecular weight excluding hydrogens is 226 g/mol. The molecule has 0 saturated carbocycles. The fraction of sp³-hybridized carbons (Fsp3) is 0.929. The number of nitrogens with one attached hydrogen (secondary N) is 1. The zero-order valence-corrected chi connectivity index (χ0v) is 11.8. The van der Waals surface area contributed by atoms with Gasteiger partial charge in [-0.25, -0.2) is 0 Å². The van der Waals surface area contributed by atoms with Crippen molar-refractivity contribution in [2.75, 3.05) is 39.8 Å². The minimum absolute atomic E-state index is 0.226. The summed E-state index contributed by atoms with van der Waals surface area (Å²) in [5.74, 6) is 1.08. The number of carbonyl (C=O) groups is 1. The first-order chi connectivity index (χ1) is 8.65. The van der Waals surface area contributed by atoms with E-state index in [2.05, 4.69) is 17.3 Å². The first kappa shape index (κ1) is 13.8. The largest absolute Gasteiger partial charge is 0.343 e. The number of hydrogen-bond donors (Lipinski definition) is 1. The zero-order valence-electron chi connectivity index (χ0n) is 11.8. The summed E-state index contributed by atoms with van der Waals surface area (Å²) >= 11 is 0. The summed E-state index contributed by atoms with van der Waals surface area (Å²) < 4.78 is 0. The Bertz CT molecular complexity index is 266. The van der Waals surface area contributed by atoms with Gasteiger partial charge in [0.15, 0.2) is 0 Å².